The van der Waals surface area contributed by atoms with Gasteiger partial charge in [-0.2, -0.15) is 16.5 Å². The Bertz CT molecular complexity index is 1410. The SMILES string of the molecule is CSCCC(NS(=O)(=O)c1ccccc1F)C(=O)Nc1ccc(-n2cnc3ccccc32)cc1. The molecule has 1 amide bonds. The van der Waals surface area contributed by atoms with Gasteiger partial charge in [0.2, 0.25) is 15.9 Å². The molecule has 0 aliphatic heterocycles. The summed E-state index contributed by atoms with van der Waals surface area (Å²) in [6.45, 7) is 0. The molecule has 1 heterocycles. The lowest BCUT2D eigenvalue weighted by atomic mass is 10.2. The van der Waals surface area contributed by atoms with Gasteiger partial charge in [0.1, 0.15) is 23.1 Å². The number of nitrogens with one attached hydrogen (secondary N) is 2. The summed E-state index contributed by atoms with van der Waals surface area (Å²) in [6, 6.07) is 18.9. The second-order valence-electron chi connectivity index (χ2n) is 7.53. The Morgan fingerprint density at radius 2 is 1.76 bits per heavy atom. The van der Waals surface area contributed by atoms with E-state index in [0.29, 0.717) is 11.4 Å². The Balaban J connectivity index is 1.51. The summed E-state index contributed by atoms with van der Waals surface area (Å²) >= 11 is 1.48. The summed E-state index contributed by atoms with van der Waals surface area (Å²) in [6.07, 6.45) is 3.84. The Hall–Kier alpha value is -3.21. The fourth-order valence-electron chi connectivity index (χ4n) is 3.49. The van der Waals surface area contributed by atoms with Crippen LogP contribution in [0.3, 0.4) is 0 Å². The Morgan fingerprint density at radius 3 is 2.50 bits per heavy atom. The van der Waals surface area contributed by atoms with Crippen LogP contribution in [0.5, 0.6) is 0 Å². The smallest absolute Gasteiger partial charge is 0.244 e. The number of fused-ring (bicyclic) bond motifs is 1. The molecule has 2 N–H and O–H groups in total. The van der Waals surface area contributed by atoms with Crippen LogP contribution in [0.15, 0.2) is 84.0 Å². The van der Waals surface area contributed by atoms with E-state index >= 15 is 0 Å². The van der Waals surface area contributed by atoms with Gasteiger partial charge in [0.15, 0.2) is 0 Å². The molecule has 0 bridgehead atoms. The summed E-state index contributed by atoms with van der Waals surface area (Å²) in [5, 5.41) is 2.76. The minimum atomic E-state index is -4.22. The number of carbonyl (C=O) groups excluding carboxylic acids is 1. The second-order valence-corrected chi connectivity index (χ2v) is 10.2. The standard InChI is InChI=1S/C24H23FN4O3S2/c1-33-15-14-21(28-34(31,32)23-9-5-2-6-19(23)25)24(30)27-17-10-12-18(13-11-17)29-16-26-20-7-3-4-8-22(20)29/h2-13,16,21,28H,14-15H2,1H3,(H,27,30). The molecule has 7 nitrogen and oxygen atoms in total. The maximum absolute atomic E-state index is 14.1. The third-order valence-corrected chi connectivity index (χ3v) is 7.37. The van der Waals surface area contributed by atoms with Gasteiger partial charge in [0, 0.05) is 11.4 Å². The topological polar surface area (TPSA) is 93.1 Å². The van der Waals surface area contributed by atoms with Gasteiger partial charge in [0.05, 0.1) is 11.0 Å². The van der Waals surface area contributed by atoms with E-state index in [4.69, 9.17) is 0 Å². The highest BCUT2D eigenvalue weighted by Gasteiger charge is 2.27. The molecule has 10 heteroatoms. The Kier molecular flexibility index (Phi) is 7.30. The molecule has 4 aromatic rings. The number of sulfonamides is 1. The molecule has 3 aromatic carbocycles. The maximum atomic E-state index is 14.1. The van der Waals surface area contributed by atoms with Gasteiger partial charge in [-0.3, -0.25) is 9.36 Å². The summed E-state index contributed by atoms with van der Waals surface area (Å²) in [5.41, 5.74) is 3.21. The number of hydrogen-bond donors (Lipinski definition) is 2. The molecule has 0 saturated heterocycles. The molecule has 0 aliphatic carbocycles. The largest absolute Gasteiger partial charge is 0.325 e. The van der Waals surface area contributed by atoms with Gasteiger partial charge < -0.3 is 5.32 Å². The van der Waals surface area contributed by atoms with Crippen molar-refractivity contribution < 1.29 is 17.6 Å². The number of para-hydroxylation sites is 2. The number of imidazole rings is 1. The van der Waals surface area contributed by atoms with E-state index in [2.05, 4.69) is 15.0 Å². The van der Waals surface area contributed by atoms with Gasteiger partial charge in [-0.15, -0.1) is 0 Å². The molecule has 4 rings (SSSR count). The maximum Gasteiger partial charge on any atom is 0.244 e. The number of hydrogen-bond acceptors (Lipinski definition) is 5. The molecule has 176 valence electrons. The van der Waals surface area contributed by atoms with Crippen LogP contribution in [0.25, 0.3) is 16.7 Å². The van der Waals surface area contributed by atoms with Gasteiger partial charge in [-0.25, -0.2) is 17.8 Å². The van der Waals surface area contributed by atoms with Crippen molar-refractivity contribution in [3.8, 4) is 5.69 Å². The van der Waals surface area contributed by atoms with Crippen molar-refractivity contribution >= 4 is 44.4 Å². The molecular formula is C24H23FN4O3S2. The quantitative estimate of drug-likeness (QED) is 0.361. The van der Waals surface area contributed by atoms with Gasteiger partial charge in [-0.1, -0.05) is 24.3 Å². The van der Waals surface area contributed by atoms with Crippen molar-refractivity contribution in [1.29, 1.82) is 0 Å². The minimum absolute atomic E-state index is 0.250. The summed E-state index contributed by atoms with van der Waals surface area (Å²) in [7, 11) is -4.22. The first-order chi connectivity index (χ1) is 16.4. The number of thioether (sulfide) groups is 1. The van der Waals surface area contributed by atoms with E-state index in [-0.39, 0.29) is 6.42 Å². The molecule has 0 aliphatic rings. The van der Waals surface area contributed by atoms with Crippen molar-refractivity contribution in [3.63, 3.8) is 0 Å². The zero-order chi connectivity index (χ0) is 24.1. The van der Waals surface area contributed by atoms with Gasteiger partial charge in [0.25, 0.3) is 0 Å². The van der Waals surface area contributed by atoms with E-state index < -0.39 is 32.7 Å². The zero-order valence-electron chi connectivity index (χ0n) is 18.3. The molecule has 34 heavy (non-hydrogen) atoms. The van der Waals surface area contributed by atoms with E-state index in [1.54, 1.807) is 18.5 Å². The lowest BCUT2D eigenvalue weighted by molar-refractivity contribution is -0.117. The molecule has 0 radical (unpaired) electrons. The molecule has 0 saturated carbocycles. The van der Waals surface area contributed by atoms with Crippen molar-refractivity contribution in [2.24, 2.45) is 0 Å². The average molecular weight is 499 g/mol. The van der Waals surface area contributed by atoms with Crippen molar-refractivity contribution in [3.05, 3.63) is 84.9 Å². The van der Waals surface area contributed by atoms with Gasteiger partial charge in [-0.05, 0) is 67.0 Å². The molecule has 0 spiro atoms. The number of rotatable bonds is 9. The highest BCUT2D eigenvalue weighted by atomic mass is 32.2. The van der Waals surface area contributed by atoms with E-state index in [1.807, 2.05) is 47.2 Å². The van der Waals surface area contributed by atoms with Crippen molar-refractivity contribution in [2.45, 2.75) is 17.4 Å². The molecule has 1 aromatic heterocycles. The van der Waals surface area contributed by atoms with Crippen LogP contribution in [-0.4, -0.2) is 41.9 Å². The first-order valence-electron chi connectivity index (χ1n) is 10.5. The van der Waals surface area contributed by atoms with Crippen LogP contribution >= 0.6 is 11.8 Å². The highest BCUT2D eigenvalue weighted by Crippen LogP contribution is 2.20. The van der Waals surface area contributed by atoms with Crippen LogP contribution in [0.1, 0.15) is 6.42 Å². The van der Waals surface area contributed by atoms with Crippen LogP contribution in [-0.2, 0) is 14.8 Å². The van der Waals surface area contributed by atoms with E-state index in [9.17, 15) is 17.6 Å². The first kappa shape index (κ1) is 23.9. The molecular weight excluding hydrogens is 475 g/mol. The van der Waals surface area contributed by atoms with E-state index in [0.717, 1.165) is 22.8 Å². The van der Waals surface area contributed by atoms with Crippen LogP contribution < -0.4 is 10.0 Å². The third-order valence-electron chi connectivity index (χ3n) is 5.22. The van der Waals surface area contributed by atoms with Crippen molar-refractivity contribution in [1.82, 2.24) is 14.3 Å². The number of benzene rings is 3. The number of carbonyl (C=O) groups is 1. The summed E-state index contributed by atoms with van der Waals surface area (Å²) < 4.78 is 43.8. The molecule has 0 fully saturated rings. The minimum Gasteiger partial charge on any atom is -0.325 e. The van der Waals surface area contributed by atoms with E-state index in [1.165, 1.54) is 30.0 Å². The Morgan fingerprint density at radius 1 is 1.06 bits per heavy atom. The zero-order valence-corrected chi connectivity index (χ0v) is 19.9. The summed E-state index contributed by atoms with van der Waals surface area (Å²) in [5.74, 6) is -0.846. The van der Waals surface area contributed by atoms with Crippen molar-refractivity contribution in [2.75, 3.05) is 17.3 Å². The van der Waals surface area contributed by atoms with Crippen LogP contribution in [0.2, 0.25) is 0 Å². The highest BCUT2D eigenvalue weighted by molar-refractivity contribution is 7.98. The predicted octanol–water partition coefficient (Wildman–Crippen LogP) is 4.20. The van der Waals surface area contributed by atoms with Gasteiger partial charge >= 0.3 is 0 Å². The monoisotopic (exact) mass is 498 g/mol. The number of nitrogens with zero attached hydrogens (tertiary/aromatic N) is 2. The number of amides is 1. The lowest BCUT2D eigenvalue weighted by Gasteiger charge is -2.18. The Labute approximate surface area is 201 Å². The number of halogens is 1. The van der Waals surface area contributed by atoms with Crippen LogP contribution in [0.4, 0.5) is 10.1 Å². The fourth-order valence-corrected chi connectivity index (χ4v) is 5.27. The number of aromatic nitrogens is 2. The third kappa shape index (κ3) is 5.30. The predicted molar refractivity (Wildman–Crippen MR) is 133 cm³/mol. The average Bonchev–Trinajstić information content (AvgIpc) is 3.26. The first-order valence-corrected chi connectivity index (χ1v) is 13.4. The second kappa shape index (κ2) is 10.4. The lowest BCUT2D eigenvalue weighted by Crippen LogP contribution is -2.44. The molecule has 1 atom stereocenters. The normalized spacial score (nSPS) is 12.5. The number of anilines is 1. The van der Waals surface area contributed by atoms with Crippen LogP contribution in [0, 0.1) is 5.82 Å². The molecule has 1 unspecified atom stereocenters. The fraction of sp³-hybridized carbons (Fsp3) is 0.167. The summed E-state index contributed by atoms with van der Waals surface area (Å²) in [4.78, 5) is 16.8.